The van der Waals surface area contributed by atoms with E-state index in [1.54, 1.807) is 36.7 Å². The van der Waals surface area contributed by atoms with E-state index in [0.29, 0.717) is 13.0 Å². The van der Waals surface area contributed by atoms with Crippen LogP contribution in [0.3, 0.4) is 0 Å². The van der Waals surface area contributed by atoms with Crippen molar-refractivity contribution in [1.29, 1.82) is 0 Å². The quantitative estimate of drug-likeness (QED) is 0.910. The minimum absolute atomic E-state index is 0. The highest BCUT2D eigenvalue weighted by atomic mass is 35.5. The van der Waals surface area contributed by atoms with E-state index in [1.807, 2.05) is 0 Å². The van der Waals surface area contributed by atoms with E-state index >= 15 is 0 Å². The minimum atomic E-state index is -3.51. The lowest BCUT2D eigenvalue weighted by molar-refractivity contribution is 0.189. The smallest absolute Gasteiger partial charge is 0.243 e. The molecular weight excluding hydrogens is 300 g/mol. The van der Waals surface area contributed by atoms with Crippen LogP contribution in [0.5, 0.6) is 0 Å². The normalized spacial score (nSPS) is 19.9. The monoisotopic (exact) mass is 314 g/mol. The number of pyridine rings is 1. The molecule has 1 N–H and O–H groups in total. The van der Waals surface area contributed by atoms with Crippen LogP contribution < -0.4 is 0 Å². The van der Waals surface area contributed by atoms with Crippen molar-refractivity contribution in [3.05, 3.63) is 36.7 Å². The molecule has 7 heteroatoms. The van der Waals surface area contributed by atoms with Gasteiger partial charge in [0.2, 0.25) is 10.0 Å². The lowest BCUT2D eigenvalue weighted by Crippen LogP contribution is -2.29. The molecule has 2 heterocycles. The first-order valence-electron chi connectivity index (χ1n) is 6.09. The summed E-state index contributed by atoms with van der Waals surface area (Å²) in [4.78, 5) is 4.26. The van der Waals surface area contributed by atoms with Gasteiger partial charge in [-0.05, 0) is 30.0 Å². The number of aromatic nitrogens is 1. The molecule has 0 bridgehead atoms. The van der Waals surface area contributed by atoms with E-state index in [0.717, 1.165) is 10.8 Å². The minimum Gasteiger partial charge on any atom is -0.392 e. The van der Waals surface area contributed by atoms with E-state index in [1.165, 1.54) is 4.31 Å². The molecule has 1 aromatic carbocycles. The molecule has 0 radical (unpaired) electrons. The third kappa shape index (κ3) is 2.64. The summed E-state index contributed by atoms with van der Waals surface area (Å²) in [5, 5.41) is 11.2. The second kappa shape index (κ2) is 5.65. The number of hydrogen-bond donors (Lipinski definition) is 1. The molecule has 0 saturated carbocycles. The maximum absolute atomic E-state index is 12.4. The molecule has 1 aromatic heterocycles. The van der Waals surface area contributed by atoms with Crippen LogP contribution in [0, 0.1) is 0 Å². The van der Waals surface area contributed by atoms with Crippen molar-refractivity contribution < 1.29 is 13.5 Å². The zero-order valence-electron chi connectivity index (χ0n) is 10.6. The average molecular weight is 315 g/mol. The Bertz CT molecular complexity index is 720. The Hall–Kier alpha value is -1.21. The van der Waals surface area contributed by atoms with Gasteiger partial charge in [0.05, 0.1) is 11.0 Å². The van der Waals surface area contributed by atoms with Crippen molar-refractivity contribution in [3.8, 4) is 0 Å². The van der Waals surface area contributed by atoms with Crippen LogP contribution >= 0.6 is 12.4 Å². The van der Waals surface area contributed by atoms with Gasteiger partial charge < -0.3 is 5.11 Å². The fraction of sp³-hybridized carbons (Fsp3) is 0.308. The molecule has 1 aliphatic rings. The van der Waals surface area contributed by atoms with Gasteiger partial charge in [-0.1, -0.05) is 6.07 Å². The van der Waals surface area contributed by atoms with Crippen molar-refractivity contribution in [3.63, 3.8) is 0 Å². The van der Waals surface area contributed by atoms with Crippen LogP contribution in [0.25, 0.3) is 10.8 Å². The summed E-state index contributed by atoms with van der Waals surface area (Å²) in [5.74, 6) is 0. The van der Waals surface area contributed by atoms with Gasteiger partial charge in [0, 0.05) is 30.9 Å². The number of β-amino-alcohol motifs (C(OH)–C–C–N with tert-alkyl or cyclic N) is 1. The molecule has 0 aliphatic carbocycles. The predicted octanol–water partition coefficient (Wildman–Crippen LogP) is 1.41. The Morgan fingerprint density at radius 1 is 1.25 bits per heavy atom. The Morgan fingerprint density at radius 2 is 2.05 bits per heavy atom. The molecule has 0 spiro atoms. The molecule has 1 atom stereocenters. The summed E-state index contributed by atoms with van der Waals surface area (Å²) in [6.07, 6.45) is 3.28. The molecule has 1 aliphatic heterocycles. The Labute approximate surface area is 123 Å². The van der Waals surface area contributed by atoms with Gasteiger partial charge in [-0.3, -0.25) is 4.98 Å². The van der Waals surface area contributed by atoms with E-state index in [9.17, 15) is 13.5 Å². The van der Waals surface area contributed by atoms with Crippen molar-refractivity contribution in [2.45, 2.75) is 17.4 Å². The summed E-state index contributed by atoms with van der Waals surface area (Å²) in [7, 11) is -3.51. The molecular formula is C13H15ClN2O3S. The number of rotatable bonds is 2. The number of fused-ring (bicyclic) bond motifs is 1. The van der Waals surface area contributed by atoms with Crippen molar-refractivity contribution in [2.75, 3.05) is 13.1 Å². The summed E-state index contributed by atoms with van der Waals surface area (Å²) in [6, 6.07) is 6.77. The second-order valence-electron chi connectivity index (χ2n) is 4.69. The number of aliphatic hydroxyl groups is 1. The van der Waals surface area contributed by atoms with Gasteiger partial charge >= 0.3 is 0 Å². The Kier molecular flexibility index (Phi) is 4.29. The van der Waals surface area contributed by atoms with Gasteiger partial charge in [0.15, 0.2) is 0 Å². The summed E-state index contributed by atoms with van der Waals surface area (Å²) in [5.41, 5.74) is 0. The first kappa shape index (κ1) is 15.2. The molecule has 0 amide bonds. The van der Waals surface area contributed by atoms with Gasteiger partial charge in [-0.25, -0.2) is 8.42 Å². The van der Waals surface area contributed by atoms with Gasteiger partial charge in [0.25, 0.3) is 0 Å². The topological polar surface area (TPSA) is 70.5 Å². The highest BCUT2D eigenvalue weighted by molar-refractivity contribution is 7.89. The molecule has 5 nitrogen and oxygen atoms in total. The van der Waals surface area contributed by atoms with Crippen molar-refractivity contribution in [1.82, 2.24) is 9.29 Å². The largest absolute Gasteiger partial charge is 0.392 e. The van der Waals surface area contributed by atoms with Gasteiger partial charge in [-0.2, -0.15) is 4.31 Å². The molecule has 1 saturated heterocycles. The molecule has 0 unspecified atom stereocenters. The zero-order valence-corrected chi connectivity index (χ0v) is 12.3. The number of benzene rings is 1. The van der Waals surface area contributed by atoms with Crippen LogP contribution in [-0.4, -0.2) is 42.0 Å². The van der Waals surface area contributed by atoms with E-state index in [-0.39, 0.29) is 23.8 Å². The van der Waals surface area contributed by atoms with Crippen molar-refractivity contribution in [2.24, 2.45) is 0 Å². The Morgan fingerprint density at radius 3 is 2.75 bits per heavy atom. The lowest BCUT2D eigenvalue weighted by Gasteiger charge is -2.16. The number of halogens is 1. The van der Waals surface area contributed by atoms with Crippen LogP contribution in [0.2, 0.25) is 0 Å². The third-order valence-electron chi connectivity index (χ3n) is 3.38. The number of hydrogen-bond acceptors (Lipinski definition) is 4. The summed E-state index contributed by atoms with van der Waals surface area (Å²) < 4.78 is 26.2. The zero-order chi connectivity index (χ0) is 13.5. The summed E-state index contributed by atoms with van der Waals surface area (Å²) >= 11 is 0. The second-order valence-corrected chi connectivity index (χ2v) is 6.63. The van der Waals surface area contributed by atoms with E-state index in [4.69, 9.17) is 0 Å². The maximum Gasteiger partial charge on any atom is 0.243 e. The lowest BCUT2D eigenvalue weighted by atomic mass is 10.2. The molecule has 1 fully saturated rings. The molecule has 3 rings (SSSR count). The molecule has 20 heavy (non-hydrogen) atoms. The number of nitrogens with zero attached hydrogens (tertiary/aromatic N) is 2. The van der Waals surface area contributed by atoms with Gasteiger partial charge in [-0.15, -0.1) is 12.4 Å². The predicted molar refractivity (Wildman–Crippen MR) is 78.4 cm³/mol. The maximum atomic E-state index is 12.4. The fourth-order valence-electron chi connectivity index (χ4n) is 2.30. The van der Waals surface area contributed by atoms with Gasteiger partial charge in [0.1, 0.15) is 0 Å². The number of aliphatic hydroxyl groups excluding tert-OH is 1. The van der Waals surface area contributed by atoms with Crippen LogP contribution in [0.15, 0.2) is 41.6 Å². The van der Waals surface area contributed by atoms with E-state index in [2.05, 4.69) is 4.98 Å². The fourth-order valence-corrected chi connectivity index (χ4v) is 3.83. The van der Waals surface area contributed by atoms with Crippen LogP contribution in [0.1, 0.15) is 6.42 Å². The average Bonchev–Trinajstić information content (AvgIpc) is 2.85. The SMILES string of the molecule is Cl.O=S(=O)(c1ccc2cnccc2c1)N1CC[C@H](O)C1. The summed E-state index contributed by atoms with van der Waals surface area (Å²) in [6.45, 7) is 0.550. The standard InChI is InChI=1S/C13H14N2O3S.ClH/c16-12-4-6-15(9-12)19(17,18)13-2-1-11-8-14-5-3-10(11)7-13;/h1-3,5,7-8,12,16H,4,6,9H2;1H/t12-;/m0./s1. The first-order valence-corrected chi connectivity index (χ1v) is 7.53. The molecule has 108 valence electrons. The highest BCUT2D eigenvalue weighted by Crippen LogP contribution is 2.24. The van der Waals surface area contributed by atoms with Crippen LogP contribution in [-0.2, 0) is 10.0 Å². The molecule has 2 aromatic rings. The third-order valence-corrected chi connectivity index (χ3v) is 5.24. The number of sulfonamides is 1. The Balaban J connectivity index is 0.00000147. The van der Waals surface area contributed by atoms with E-state index < -0.39 is 16.1 Å². The highest BCUT2D eigenvalue weighted by Gasteiger charge is 2.31. The van der Waals surface area contributed by atoms with Crippen LogP contribution in [0.4, 0.5) is 0 Å². The first-order chi connectivity index (χ1) is 9.07. The van der Waals surface area contributed by atoms with Crippen molar-refractivity contribution >= 4 is 33.2 Å².